The molecule has 0 bridgehead atoms. The van der Waals surface area contributed by atoms with E-state index in [-0.39, 0.29) is 18.1 Å². The maximum atomic E-state index is 12.1. The van der Waals surface area contributed by atoms with E-state index in [0.717, 1.165) is 6.42 Å². The van der Waals surface area contributed by atoms with Gasteiger partial charge in [-0.2, -0.15) is 0 Å². The highest BCUT2D eigenvalue weighted by Crippen LogP contribution is 2.29. The van der Waals surface area contributed by atoms with Gasteiger partial charge in [-0.25, -0.2) is 0 Å². The first-order valence-electron chi connectivity index (χ1n) is 7.12. The van der Waals surface area contributed by atoms with E-state index in [1.165, 1.54) is 0 Å². The van der Waals surface area contributed by atoms with Gasteiger partial charge in [0.05, 0.1) is 17.2 Å². The van der Waals surface area contributed by atoms with Gasteiger partial charge in [0.2, 0.25) is 0 Å². The van der Waals surface area contributed by atoms with Crippen molar-refractivity contribution in [2.24, 2.45) is 5.73 Å². The monoisotopic (exact) mass is 312 g/mol. The van der Waals surface area contributed by atoms with E-state index in [2.05, 4.69) is 5.32 Å². The molecule has 0 radical (unpaired) electrons. The van der Waals surface area contributed by atoms with E-state index in [1.54, 1.807) is 18.2 Å². The lowest BCUT2D eigenvalue weighted by Gasteiger charge is -2.15. The molecule has 21 heavy (non-hydrogen) atoms. The average Bonchev–Trinajstić information content (AvgIpc) is 2.90. The largest absolute Gasteiger partial charge is 0.489 e. The molecule has 0 aromatic heterocycles. The zero-order valence-corrected chi connectivity index (χ0v) is 13.0. The third-order valence-electron chi connectivity index (χ3n) is 3.22. The molecule has 1 amide bonds. The molecule has 1 fully saturated rings. The van der Waals surface area contributed by atoms with Crippen LogP contribution in [-0.4, -0.2) is 30.8 Å². The summed E-state index contributed by atoms with van der Waals surface area (Å²) >= 11 is 6.14. The molecule has 2 atom stereocenters. The highest BCUT2D eigenvalue weighted by molar-refractivity contribution is 6.32. The lowest BCUT2D eigenvalue weighted by Crippen LogP contribution is -2.29. The number of anilines is 1. The molecule has 0 saturated carbocycles. The van der Waals surface area contributed by atoms with Crippen molar-refractivity contribution in [3.05, 3.63) is 23.2 Å². The van der Waals surface area contributed by atoms with Gasteiger partial charge in [-0.1, -0.05) is 11.6 Å². The van der Waals surface area contributed by atoms with Crippen LogP contribution in [0.5, 0.6) is 5.75 Å². The van der Waals surface area contributed by atoms with Crippen molar-refractivity contribution in [2.75, 3.05) is 11.9 Å². The summed E-state index contributed by atoms with van der Waals surface area (Å²) < 4.78 is 11.1. The Labute approximate surface area is 129 Å². The van der Waals surface area contributed by atoms with Crippen molar-refractivity contribution in [2.45, 2.75) is 45.0 Å². The second-order valence-corrected chi connectivity index (χ2v) is 5.77. The molecule has 116 valence electrons. The molecule has 1 saturated heterocycles. The zero-order chi connectivity index (χ0) is 15.4. The Balaban J connectivity index is 1.97. The molecular weight excluding hydrogens is 292 g/mol. The summed E-state index contributed by atoms with van der Waals surface area (Å²) in [6.07, 6.45) is 1.09. The number of rotatable bonds is 5. The average molecular weight is 313 g/mol. The second-order valence-electron chi connectivity index (χ2n) is 5.36. The predicted octanol–water partition coefficient (Wildman–Crippen LogP) is 2.57. The number of carbonyl (C=O) groups excluding carboxylic acids is 1. The van der Waals surface area contributed by atoms with Gasteiger partial charge in [0.25, 0.3) is 5.91 Å². The first-order chi connectivity index (χ1) is 9.99. The number of hydrogen-bond acceptors (Lipinski definition) is 4. The third-order valence-corrected chi connectivity index (χ3v) is 3.52. The fourth-order valence-electron chi connectivity index (χ4n) is 2.22. The number of halogens is 1. The number of hydrogen-bond donors (Lipinski definition) is 2. The first kappa shape index (κ1) is 16.1. The maximum absolute atomic E-state index is 12.1. The normalized spacial score (nSPS) is 21.6. The number of carbonyl (C=O) groups is 1. The molecule has 1 aromatic rings. The van der Waals surface area contributed by atoms with Crippen molar-refractivity contribution in [1.29, 1.82) is 0 Å². The van der Waals surface area contributed by atoms with Crippen LogP contribution >= 0.6 is 11.6 Å². The van der Waals surface area contributed by atoms with Crippen molar-refractivity contribution in [3.8, 4) is 5.75 Å². The molecule has 2 rings (SSSR count). The van der Waals surface area contributed by atoms with Crippen LogP contribution in [0.3, 0.4) is 0 Å². The Morgan fingerprint density at radius 2 is 2.29 bits per heavy atom. The standard InChI is InChI=1S/C15H21ClN2O3/c1-9(2)20-13-5-3-10(7-12(13)16)18-15(19)14-6-4-11(8-17)21-14/h3,5,7,9,11,14H,4,6,8,17H2,1-2H3,(H,18,19). The fourth-order valence-corrected chi connectivity index (χ4v) is 2.45. The number of ether oxygens (including phenoxy) is 2. The lowest BCUT2D eigenvalue weighted by atomic mass is 10.2. The van der Waals surface area contributed by atoms with Crippen LogP contribution in [0.25, 0.3) is 0 Å². The van der Waals surface area contributed by atoms with Crippen LogP contribution in [0.2, 0.25) is 5.02 Å². The van der Waals surface area contributed by atoms with Gasteiger partial charge in [0, 0.05) is 12.2 Å². The Morgan fingerprint density at radius 3 is 2.86 bits per heavy atom. The lowest BCUT2D eigenvalue weighted by molar-refractivity contribution is -0.126. The fraction of sp³-hybridized carbons (Fsp3) is 0.533. The molecule has 6 heteroatoms. The van der Waals surface area contributed by atoms with Crippen molar-refractivity contribution in [1.82, 2.24) is 0 Å². The quantitative estimate of drug-likeness (QED) is 0.876. The third kappa shape index (κ3) is 4.33. The van der Waals surface area contributed by atoms with E-state index in [9.17, 15) is 4.79 Å². The van der Waals surface area contributed by atoms with Crippen LogP contribution < -0.4 is 15.8 Å². The minimum absolute atomic E-state index is 0.0221. The maximum Gasteiger partial charge on any atom is 0.253 e. The summed E-state index contributed by atoms with van der Waals surface area (Å²) in [6, 6.07) is 5.18. The van der Waals surface area contributed by atoms with Crippen LogP contribution in [0.15, 0.2) is 18.2 Å². The van der Waals surface area contributed by atoms with Crippen molar-refractivity contribution in [3.63, 3.8) is 0 Å². The molecule has 1 aromatic carbocycles. The molecule has 1 aliphatic heterocycles. The molecule has 2 unspecified atom stereocenters. The van der Waals surface area contributed by atoms with Gasteiger partial charge < -0.3 is 20.5 Å². The van der Waals surface area contributed by atoms with Crippen molar-refractivity contribution < 1.29 is 14.3 Å². The number of benzene rings is 1. The summed E-state index contributed by atoms with van der Waals surface area (Å²) in [7, 11) is 0. The van der Waals surface area contributed by atoms with E-state index in [0.29, 0.717) is 29.4 Å². The highest BCUT2D eigenvalue weighted by Gasteiger charge is 2.29. The van der Waals surface area contributed by atoms with Gasteiger partial charge in [0.1, 0.15) is 11.9 Å². The van der Waals surface area contributed by atoms with E-state index >= 15 is 0 Å². The second kappa shape index (κ2) is 7.11. The molecule has 1 heterocycles. The molecule has 3 N–H and O–H groups in total. The smallest absolute Gasteiger partial charge is 0.253 e. The van der Waals surface area contributed by atoms with Gasteiger partial charge in [-0.15, -0.1) is 0 Å². The summed E-state index contributed by atoms with van der Waals surface area (Å²) in [5.41, 5.74) is 6.16. The van der Waals surface area contributed by atoms with Crippen LogP contribution in [0.1, 0.15) is 26.7 Å². The number of amides is 1. The predicted molar refractivity (Wildman–Crippen MR) is 82.8 cm³/mol. The SMILES string of the molecule is CC(C)Oc1ccc(NC(=O)C2CCC(CN)O2)cc1Cl. The minimum atomic E-state index is -0.441. The van der Waals surface area contributed by atoms with E-state index in [1.807, 2.05) is 13.8 Å². The van der Waals surface area contributed by atoms with Crippen LogP contribution in [0.4, 0.5) is 5.69 Å². The van der Waals surface area contributed by atoms with Crippen LogP contribution in [-0.2, 0) is 9.53 Å². The van der Waals surface area contributed by atoms with E-state index in [4.69, 9.17) is 26.8 Å². The topological polar surface area (TPSA) is 73.6 Å². The summed E-state index contributed by atoms with van der Waals surface area (Å²) in [5.74, 6) is 0.435. The Morgan fingerprint density at radius 1 is 1.52 bits per heavy atom. The molecule has 0 spiro atoms. The number of nitrogens with one attached hydrogen (secondary N) is 1. The first-order valence-corrected chi connectivity index (χ1v) is 7.50. The van der Waals surface area contributed by atoms with Gasteiger partial charge in [0.15, 0.2) is 0 Å². The van der Waals surface area contributed by atoms with Gasteiger partial charge in [-0.05, 0) is 44.9 Å². The minimum Gasteiger partial charge on any atom is -0.489 e. The summed E-state index contributed by atoms with van der Waals surface area (Å²) in [6.45, 7) is 4.30. The highest BCUT2D eigenvalue weighted by atomic mass is 35.5. The van der Waals surface area contributed by atoms with E-state index < -0.39 is 6.10 Å². The zero-order valence-electron chi connectivity index (χ0n) is 12.3. The Hall–Kier alpha value is -1.30. The summed E-state index contributed by atoms with van der Waals surface area (Å²) in [4.78, 5) is 12.1. The van der Waals surface area contributed by atoms with Crippen LogP contribution in [0, 0.1) is 0 Å². The Kier molecular flexibility index (Phi) is 5.45. The molecule has 5 nitrogen and oxygen atoms in total. The number of nitrogens with two attached hydrogens (primary N) is 1. The Bertz CT molecular complexity index is 508. The molecular formula is C15H21ClN2O3. The summed E-state index contributed by atoms with van der Waals surface area (Å²) in [5, 5.41) is 3.27. The van der Waals surface area contributed by atoms with Gasteiger partial charge in [-0.3, -0.25) is 4.79 Å². The molecule has 1 aliphatic rings. The molecule has 0 aliphatic carbocycles. The van der Waals surface area contributed by atoms with Gasteiger partial charge >= 0.3 is 0 Å². The van der Waals surface area contributed by atoms with Crippen molar-refractivity contribution >= 4 is 23.2 Å².